The van der Waals surface area contributed by atoms with Crippen LogP contribution in [0.25, 0.3) is 10.9 Å². The smallest absolute Gasteiger partial charge is 0.124 e. The zero-order valence-corrected chi connectivity index (χ0v) is 14.8. The van der Waals surface area contributed by atoms with E-state index in [4.69, 9.17) is 0 Å². The largest absolute Gasteiger partial charge is 0.395 e. The van der Waals surface area contributed by atoms with Gasteiger partial charge in [0.05, 0.1) is 12.1 Å². The van der Waals surface area contributed by atoms with Crippen molar-refractivity contribution >= 4 is 16.6 Å². The highest BCUT2D eigenvalue weighted by molar-refractivity contribution is 5.92. The molecule has 5 heteroatoms. The monoisotopic (exact) mass is 343 g/mol. The van der Waals surface area contributed by atoms with Crippen molar-refractivity contribution in [3.63, 3.8) is 0 Å². The molecule has 2 aliphatic rings. The fourth-order valence-corrected chi connectivity index (χ4v) is 4.50. The molecular formula is C20H26FN3O. The van der Waals surface area contributed by atoms with Crippen LogP contribution in [0.1, 0.15) is 31.4 Å². The molecule has 1 N–H and O–H groups in total. The number of benzene rings is 1. The van der Waals surface area contributed by atoms with Crippen LogP contribution in [-0.2, 0) is 0 Å². The van der Waals surface area contributed by atoms with Crippen molar-refractivity contribution in [2.24, 2.45) is 0 Å². The Balaban J connectivity index is 1.66. The topological polar surface area (TPSA) is 39.6 Å². The molecule has 1 aromatic carbocycles. The fraction of sp³-hybridized carbons (Fsp3) is 0.550. The second-order valence-corrected chi connectivity index (χ2v) is 7.41. The van der Waals surface area contributed by atoms with E-state index >= 15 is 0 Å². The molecule has 134 valence electrons. The predicted molar refractivity (Wildman–Crippen MR) is 98.5 cm³/mol. The molecule has 4 rings (SSSR count). The standard InChI is InChI=1S/C20H26FN3O/c1-14-10-20(18-11-15(21)6-7-19(18)22-14)24-9-3-4-16(24)12-23-8-2-5-17(23)13-25/h6-7,10-11,16-17,25H,2-5,8-9,12-13H2,1H3. The van der Waals surface area contributed by atoms with E-state index in [1.54, 1.807) is 12.1 Å². The number of rotatable bonds is 4. The molecule has 0 radical (unpaired) electrons. The molecule has 0 amide bonds. The van der Waals surface area contributed by atoms with E-state index in [0.717, 1.165) is 61.2 Å². The summed E-state index contributed by atoms with van der Waals surface area (Å²) in [7, 11) is 0. The quantitative estimate of drug-likeness (QED) is 0.926. The summed E-state index contributed by atoms with van der Waals surface area (Å²) in [6.45, 7) is 5.29. The predicted octanol–water partition coefficient (Wildman–Crippen LogP) is 3.11. The van der Waals surface area contributed by atoms with Crippen LogP contribution < -0.4 is 4.90 Å². The van der Waals surface area contributed by atoms with E-state index in [9.17, 15) is 9.50 Å². The van der Waals surface area contributed by atoms with Crippen LogP contribution in [0.15, 0.2) is 24.3 Å². The van der Waals surface area contributed by atoms with Crippen LogP contribution in [0.4, 0.5) is 10.1 Å². The Bertz CT molecular complexity index is 766. The molecule has 4 nitrogen and oxygen atoms in total. The highest BCUT2D eigenvalue weighted by Gasteiger charge is 2.32. The van der Waals surface area contributed by atoms with Gasteiger partial charge >= 0.3 is 0 Å². The summed E-state index contributed by atoms with van der Waals surface area (Å²) in [5.74, 6) is -0.213. The number of hydrogen-bond donors (Lipinski definition) is 1. The van der Waals surface area contributed by atoms with E-state index in [2.05, 4.69) is 20.9 Å². The molecule has 0 saturated carbocycles. The summed E-state index contributed by atoms with van der Waals surface area (Å²) in [6, 6.07) is 7.67. The summed E-state index contributed by atoms with van der Waals surface area (Å²) < 4.78 is 13.8. The number of halogens is 1. The highest BCUT2D eigenvalue weighted by atomic mass is 19.1. The maximum atomic E-state index is 13.8. The first-order valence-electron chi connectivity index (χ1n) is 9.34. The molecule has 2 unspecified atom stereocenters. The van der Waals surface area contributed by atoms with E-state index in [1.807, 2.05) is 6.92 Å². The lowest BCUT2D eigenvalue weighted by Gasteiger charge is -2.33. The van der Waals surface area contributed by atoms with Crippen molar-refractivity contribution in [3.05, 3.63) is 35.8 Å². The van der Waals surface area contributed by atoms with E-state index in [0.29, 0.717) is 12.1 Å². The van der Waals surface area contributed by atoms with Gasteiger partial charge in [0, 0.05) is 41.9 Å². The summed E-state index contributed by atoms with van der Waals surface area (Å²) >= 11 is 0. The minimum absolute atomic E-state index is 0.213. The molecule has 2 aliphatic heterocycles. The first-order valence-corrected chi connectivity index (χ1v) is 9.34. The van der Waals surface area contributed by atoms with Gasteiger partial charge in [-0.15, -0.1) is 0 Å². The Morgan fingerprint density at radius 1 is 1.16 bits per heavy atom. The number of fused-ring (bicyclic) bond motifs is 1. The summed E-state index contributed by atoms with van der Waals surface area (Å²) in [5, 5.41) is 10.5. The maximum Gasteiger partial charge on any atom is 0.124 e. The first kappa shape index (κ1) is 16.7. The Morgan fingerprint density at radius 2 is 1.96 bits per heavy atom. The van der Waals surface area contributed by atoms with Crippen molar-refractivity contribution in [3.8, 4) is 0 Å². The van der Waals surface area contributed by atoms with Crippen LogP contribution in [0.3, 0.4) is 0 Å². The van der Waals surface area contributed by atoms with Crippen LogP contribution in [0.2, 0.25) is 0 Å². The van der Waals surface area contributed by atoms with Gasteiger partial charge in [-0.1, -0.05) is 0 Å². The van der Waals surface area contributed by atoms with Crippen LogP contribution in [0, 0.1) is 12.7 Å². The van der Waals surface area contributed by atoms with Crippen LogP contribution >= 0.6 is 0 Å². The summed E-state index contributed by atoms with van der Waals surface area (Å²) in [4.78, 5) is 9.43. The third-order valence-electron chi connectivity index (χ3n) is 5.72. The van der Waals surface area contributed by atoms with E-state index < -0.39 is 0 Å². The van der Waals surface area contributed by atoms with Crippen LogP contribution in [0.5, 0.6) is 0 Å². The van der Waals surface area contributed by atoms with E-state index in [1.165, 1.54) is 12.5 Å². The normalized spacial score (nSPS) is 24.5. The molecule has 2 atom stereocenters. The lowest BCUT2D eigenvalue weighted by Crippen LogP contribution is -2.43. The van der Waals surface area contributed by atoms with Crippen molar-refractivity contribution in [1.82, 2.24) is 9.88 Å². The fourth-order valence-electron chi connectivity index (χ4n) is 4.50. The number of pyridine rings is 1. The third kappa shape index (κ3) is 3.23. The molecule has 25 heavy (non-hydrogen) atoms. The Hall–Kier alpha value is -1.72. The van der Waals surface area contributed by atoms with Gasteiger partial charge in [-0.2, -0.15) is 0 Å². The lowest BCUT2D eigenvalue weighted by atomic mass is 10.1. The second kappa shape index (κ2) is 6.89. The lowest BCUT2D eigenvalue weighted by molar-refractivity contribution is 0.153. The first-order chi connectivity index (χ1) is 12.2. The maximum absolute atomic E-state index is 13.8. The average molecular weight is 343 g/mol. The van der Waals surface area contributed by atoms with Crippen molar-refractivity contribution in [1.29, 1.82) is 0 Å². The van der Waals surface area contributed by atoms with Crippen molar-refractivity contribution in [2.45, 2.75) is 44.7 Å². The number of aliphatic hydroxyl groups is 1. The number of aromatic nitrogens is 1. The summed E-state index contributed by atoms with van der Waals surface area (Å²) in [6.07, 6.45) is 4.56. The van der Waals surface area contributed by atoms with Gasteiger partial charge in [0.15, 0.2) is 0 Å². The molecule has 2 saturated heterocycles. The van der Waals surface area contributed by atoms with Gasteiger partial charge < -0.3 is 10.0 Å². The van der Waals surface area contributed by atoms with Gasteiger partial charge in [0.1, 0.15) is 5.82 Å². The zero-order valence-electron chi connectivity index (χ0n) is 14.8. The van der Waals surface area contributed by atoms with Gasteiger partial charge in [-0.05, 0) is 63.4 Å². The van der Waals surface area contributed by atoms with Crippen molar-refractivity contribution < 1.29 is 9.50 Å². The van der Waals surface area contributed by atoms with Gasteiger partial charge in [-0.25, -0.2) is 4.39 Å². The van der Waals surface area contributed by atoms with E-state index in [-0.39, 0.29) is 12.4 Å². The molecule has 3 heterocycles. The minimum Gasteiger partial charge on any atom is -0.395 e. The zero-order chi connectivity index (χ0) is 17.4. The Labute approximate surface area is 148 Å². The van der Waals surface area contributed by atoms with Gasteiger partial charge in [-0.3, -0.25) is 9.88 Å². The number of aliphatic hydroxyl groups excluding tert-OH is 1. The molecule has 2 fully saturated rings. The van der Waals surface area contributed by atoms with Crippen LogP contribution in [-0.4, -0.2) is 53.3 Å². The Kier molecular flexibility index (Phi) is 4.61. The number of aryl methyl sites for hydroxylation is 1. The molecular weight excluding hydrogens is 317 g/mol. The average Bonchev–Trinajstić information content (AvgIpc) is 3.24. The van der Waals surface area contributed by atoms with Crippen molar-refractivity contribution in [2.75, 3.05) is 31.1 Å². The Morgan fingerprint density at radius 3 is 2.80 bits per heavy atom. The molecule has 0 aliphatic carbocycles. The molecule has 0 spiro atoms. The summed E-state index contributed by atoms with van der Waals surface area (Å²) in [5.41, 5.74) is 2.93. The third-order valence-corrected chi connectivity index (χ3v) is 5.72. The number of likely N-dealkylation sites (tertiary alicyclic amines) is 1. The van der Waals surface area contributed by atoms with Gasteiger partial charge in [0.2, 0.25) is 0 Å². The number of hydrogen-bond acceptors (Lipinski definition) is 4. The molecule has 0 bridgehead atoms. The second-order valence-electron chi connectivity index (χ2n) is 7.41. The van der Waals surface area contributed by atoms with Gasteiger partial charge in [0.25, 0.3) is 0 Å². The number of anilines is 1. The molecule has 2 aromatic rings. The number of nitrogens with zero attached hydrogens (tertiary/aromatic N) is 3. The highest BCUT2D eigenvalue weighted by Crippen LogP contribution is 2.34. The SMILES string of the molecule is Cc1cc(N2CCCC2CN2CCCC2CO)c2cc(F)ccc2n1. The minimum atomic E-state index is -0.213. The molecule has 1 aromatic heterocycles.